The number of hydrogen-bond donors (Lipinski definition) is 1. The van der Waals surface area contributed by atoms with Crippen LogP contribution in [0.5, 0.6) is 0 Å². The summed E-state index contributed by atoms with van der Waals surface area (Å²) in [7, 11) is -3.65. The normalized spacial score (nSPS) is 14.4. The molecule has 33 heavy (non-hydrogen) atoms. The van der Waals surface area contributed by atoms with Gasteiger partial charge in [-0.05, 0) is 73.2 Å². The van der Waals surface area contributed by atoms with Gasteiger partial charge in [-0.15, -0.1) is 0 Å². The van der Waals surface area contributed by atoms with E-state index in [1.54, 1.807) is 36.4 Å². The highest BCUT2D eigenvalue weighted by molar-refractivity contribution is 7.92. The Balaban J connectivity index is 1.37. The third kappa shape index (κ3) is 5.25. The number of fused-ring (bicyclic) bond motifs is 1. The minimum Gasteiger partial charge on any atom is -0.350 e. The first-order chi connectivity index (χ1) is 15.8. The van der Waals surface area contributed by atoms with E-state index in [0.717, 1.165) is 35.2 Å². The molecule has 3 aromatic rings. The summed E-state index contributed by atoms with van der Waals surface area (Å²) in [6.45, 7) is 2.32. The van der Waals surface area contributed by atoms with Gasteiger partial charge in [-0.3, -0.25) is 9.10 Å². The Labute approximate surface area is 194 Å². The lowest BCUT2D eigenvalue weighted by Crippen LogP contribution is -2.35. The fourth-order valence-corrected chi connectivity index (χ4v) is 5.65. The van der Waals surface area contributed by atoms with E-state index in [1.165, 1.54) is 16.4 Å². The smallest absolute Gasteiger partial charge is 0.264 e. The molecule has 4 rings (SSSR count). The van der Waals surface area contributed by atoms with E-state index in [2.05, 4.69) is 5.32 Å². The van der Waals surface area contributed by atoms with Gasteiger partial charge in [0.15, 0.2) is 0 Å². The molecular formula is C26H27FN2O3S. The Hall–Kier alpha value is -3.19. The van der Waals surface area contributed by atoms with Crippen LogP contribution in [0.15, 0.2) is 77.7 Å². The second kappa shape index (κ2) is 9.75. The summed E-state index contributed by atoms with van der Waals surface area (Å²) in [6, 6.07) is 20.2. The number of benzene rings is 3. The maximum atomic E-state index is 13.2. The molecule has 0 fully saturated rings. The molecule has 0 radical (unpaired) electrons. The molecule has 0 saturated heterocycles. The number of carbonyl (C=O) groups is 1. The third-order valence-corrected chi connectivity index (χ3v) is 7.79. The molecule has 1 atom stereocenters. The molecule has 0 spiro atoms. The lowest BCUT2D eigenvalue weighted by molar-refractivity contribution is -0.121. The van der Waals surface area contributed by atoms with Crippen LogP contribution in [0.25, 0.3) is 0 Å². The topological polar surface area (TPSA) is 66.5 Å². The Kier molecular flexibility index (Phi) is 6.79. The van der Waals surface area contributed by atoms with E-state index in [1.807, 2.05) is 31.2 Å². The van der Waals surface area contributed by atoms with Crippen molar-refractivity contribution < 1.29 is 17.6 Å². The summed E-state index contributed by atoms with van der Waals surface area (Å²) in [5.41, 5.74) is 3.51. The van der Waals surface area contributed by atoms with Crippen LogP contribution in [0.1, 0.15) is 42.5 Å². The largest absolute Gasteiger partial charge is 0.350 e. The lowest BCUT2D eigenvalue weighted by atomic mass is 10.0. The number of carbonyl (C=O) groups excluding carboxylic acids is 1. The number of sulfonamides is 1. The van der Waals surface area contributed by atoms with Gasteiger partial charge in [0.1, 0.15) is 5.82 Å². The summed E-state index contributed by atoms with van der Waals surface area (Å²) >= 11 is 0. The van der Waals surface area contributed by atoms with Crippen LogP contribution in [0, 0.1) is 5.82 Å². The molecule has 0 saturated carbocycles. The maximum Gasteiger partial charge on any atom is 0.264 e. The first-order valence-corrected chi connectivity index (χ1v) is 12.5. The van der Waals surface area contributed by atoms with Crippen molar-refractivity contribution in [1.82, 2.24) is 5.32 Å². The monoisotopic (exact) mass is 466 g/mol. The van der Waals surface area contributed by atoms with Gasteiger partial charge in [-0.25, -0.2) is 12.8 Å². The SMILES string of the molecule is C[C@H](NC(=O)CCc1ccc(S(=O)(=O)N2CCCc3ccccc32)cc1)c1ccc(F)cc1. The standard InChI is InChI=1S/C26H27FN2O3S/c1-19(21-11-13-23(27)14-12-21)28-26(30)17-10-20-8-15-24(16-9-20)33(31,32)29-18-4-6-22-5-2-3-7-25(22)29/h2-3,5,7-9,11-16,19H,4,6,10,17-18H2,1H3,(H,28,30)/t19-/m0/s1. The van der Waals surface area contributed by atoms with E-state index in [-0.39, 0.29) is 29.1 Å². The number of nitrogens with zero attached hydrogens (tertiary/aromatic N) is 1. The van der Waals surface area contributed by atoms with Crippen molar-refractivity contribution in [2.45, 2.75) is 43.5 Å². The fraction of sp³-hybridized carbons (Fsp3) is 0.269. The molecule has 3 aromatic carbocycles. The van der Waals surface area contributed by atoms with Gasteiger partial charge in [0.05, 0.1) is 16.6 Å². The van der Waals surface area contributed by atoms with Crippen molar-refractivity contribution in [3.05, 3.63) is 95.3 Å². The quantitative estimate of drug-likeness (QED) is 0.545. The fourth-order valence-electron chi connectivity index (χ4n) is 4.11. The maximum absolute atomic E-state index is 13.2. The van der Waals surface area contributed by atoms with Crippen LogP contribution >= 0.6 is 0 Å². The molecule has 1 aliphatic rings. The van der Waals surface area contributed by atoms with Crippen LogP contribution in [0.2, 0.25) is 0 Å². The van der Waals surface area contributed by atoms with Gasteiger partial charge in [-0.2, -0.15) is 0 Å². The first kappa shape index (κ1) is 23.0. The van der Waals surface area contributed by atoms with Gasteiger partial charge in [0, 0.05) is 13.0 Å². The predicted octanol–water partition coefficient (Wildman–Crippen LogP) is 4.78. The second-order valence-corrected chi connectivity index (χ2v) is 10.2. The summed E-state index contributed by atoms with van der Waals surface area (Å²) in [4.78, 5) is 12.6. The third-order valence-electron chi connectivity index (χ3n) is 5.97. The van der Waals surface area contributed by atoms with Gasteiger partial charge >= 0.3 is 0 Å². The van der Waals surface area contributed by atoms with Crippen molar-refractivity contribution in [2.24, 2.45) is 0 Å². The van der Waals surface area contributed by atoms with Crippen LogP contribution < -0.4 is 9.62 Å². The minimum atomic E-state index is -3.65. The van der Waals surface area contributed by atoms with Crippen LogP contribution in [-0.2, 0) is 27.7 Å². The average Bonchev–Trinajstić information content (AvgIpc) is 2.83. The van der Waals surface area contributed by atoms with E-state index < -0.39 is 10.0 Å². The molecule has 0 aromatic heterocycles. The molecular weight excluding hydrogens is 439 g/mol. The number of hydrogen-bond acceptors (Lipinski definition) is 3. The summed E-state index contributed by atoms with van der Waals surface area (Å²) in [5, 5.41) is 2.91. The van der Waals surface area contributed by atoms with Crippen LogP contribution in [0.3, 0.4) is 0 Å². The van der Waals surface area contributed by atoms with Gasteiger partial charge in [0.2, 0.25) is 5.91 Å². The molecule has 1 heterocycles. The average molecular weight is 467 g/mol. The number of halogens is 1. The van der Waals surface area contributed by atoms with Crippen molar-refractivity contribution in [1.29, 1.82) is 0 Å². The number of nitrogens with one attached hydrogen (secondary N) is 1. The highest BCUT2D eigenvalue weighted by Gasteiger charge is 2.28. The Bertz CT molecular complexity index is 1230. The second-order valence-electron chi connectivity index (χ2n) is 8.29. The molecule has 172 valence electrons. The van der Waals surface area contributed by atoms with Crippen molar-refractivity contribution in [3.63, 3.8) is 0 Å². The van der Waals surface area contributed by atoms with Gasteiger partial charge in [0.25, 0.3) is 10.0 Å². The van der Waals surface area contributed by atoms with Gasteiger partial charge in [-0.1, -0.05) is 42.5 Å². The minimum absolute atomic E-state index is 0.117. The number of aryl methyl sites for hydroxylation is 2. The van der Waals surface area contributed by atoms with E-state index in [0.29, 0.717) is 13.0 Å². The van der Waals surface area contributed by atoms with Gasteiger partial charge < -0.3 is 5.32 Å². The Morgan fingerprint density at radius 3 is 2.45 bits per heavy atom. The highest BCUT2D eigenvalue weighted by atomic mass is 32.2. The molecule has 1 aliphatic heterocycles. The molecule has 5 nitrogen and oxygen atoms in total. The number of anilines is 1. The number of amides is 1. The molecule has 7 heteroatoms. The Morgan fingerprint density at radius 1 is 1.03 bits per heavy atom. The highest BCUT2D eigenvalue weighted by Crippen LogP contribution is 2.31. The summed E-state index contributed by atoms with van der Waals surface area (Å²) in [6.07, 6.45) is 2.44. The van der Waals surface area contributed by atoms with E-state index in [4.69, 9.17) is 0 Å². The molecule has 1 amide bonds. The van der Waals surface area contributed by atoms with Crippen molar-refractivity contribution in [2.75, 3.05) is 10.8 Å². The van der Waals surface area contributed by atoms with E-state index in [9.17, 15) is 17.6 Å². The van der Waals surface area contributed by atoms with E-state index >= 15 is 0 Å². The number of para-hydroxylation sites is 1. The molecule has 0 aliphatic carbocycles. The zero-order valence-electron chi connectivity index (χ0n) is 18.5. The lowest BCUT2D eigenvalue weighted by Gasteiger charge is -2.30. The van der Waals surface area contributed by atoms with Crippen molar-refractivity contribution in [3.8, 4) is 0 Å². The first-order valence-electron chi connectivity index (χ1n) is 11.1. The Morgan fingerprint density at radius 2 is 1.73 bits per heavy atom. The molecule has 0 unspecified atom stereocenters. The molecule has 1 N–H and O–H groups in total. The predicted molar refractivity (Wildman–Crippen MR) is 127 cm³/mol. The number of rotatable bonds is 7. The summed E-state index contributed by atoms with van der Waals surface area (Å²) in [5.74, 6) is -0.430. The van der Waals surface area contributed by atoms with Crippen molar-refractivity contribution >= 4 is 21.6 Å². The molecule has 0 bridgehead atoms. The summed E-state index contributed by atoms with van der Waals surface area (Å²) < 4.78 is 41.0. The zero-order chi connectivity index (χ0) is 23.4. The zero-order valence-corrected chi connectivity index (χ0v) is 19.3. The van der Waals surface area contributed by atoms with Crippen LogP contribution in [0.4, 0.5) is 10.1 Å². The van der Waals surface area contributed by atoms with Crippen LogP contribution in [-0.4, -0.2) is 20.9 Å².